The molecule has 2 fully saturated rings. The summed E-state index contributed by atoms with van der Waals surface area (Å²) in [5.41, 5.74) is 6.23. The summed E-state index contributed by atoms with van der Waals surface area (Å²) in [6, 6.07) is 0.522. The van der Waals surface area contributed by atoms with Crippen LogP contribution in [0.2, 0.25) is 0 Å². The van der Waals surface area contributed by atoms with E-state index in [2.05, 4.69) is 16.5 Å². The van der Waals surface area contributed by atoms with Crippen LogP contribution in [0.25, 0.3) is 0 Å². The highest BCUT2D eigenvalue weighted by Crippen LogP contribution is 2.42. The summed E-state index contributed by atoms with van der Waals surface area (Å²) in [6.07, 6.45) is 8.31. The summed E-state index contributed by atoms with van der Waals surface area (Å²) in [7, 11) is 0. The predicted octanol–water partition coefficient (Wildman–Crippen LogP) is 0.998. The molecule has 1 aromatic heterocycles. The van der Waals surface area contributed by atoms with Gasteiger partial charge in [0.15, 0.2) is 0 Å². The molecular weight excluding hydrogens is 268 g/mol. The lowest BCUT2D eigenvalue weighted by atomic mass is 9.88. The Morgan fingerprint density at radius 3 is 2.38 bits per heavy atom. The Labute approximate surface area is 123 Å². The fourth-order valence-electron chi connectivity index (χ4n) is 3.56. The molecule has 1 aromatic rings. The van der Waals surface area contributed by atoms with Crippen LogP contribution in [0, 0.1) is 0 Å². The SMILES string of the molecule is C=CC(=O)N1C2CCC1CC(c1cnc(C(N)=O)cn1)C2. The van der Waals surface area contributed by atoms with E-state index in [0.717, 1.165) is 31.4 Å². The normalized spacial score (nSPS) is 27.4. The molecule has 2 saturated heterocycles. The second kappa shape index (κ2) is 5.27. The molecule has 21 heavy (non-hydrogen) atoms. The van der Waals surface area contributed by atoms with Crippen molar-refractivity contribution in [2.75, 3.05) is 0 Å². The minimum atomic E-state index is -0.569. The van der Waals surface area contributed by atoms with Crippen LogP contribution >= 0.6 is 0 Å². The van der Waals surface area contributed by atoms with E-state index in [4.69, 9.17) is 5.73 Å². The van der Waals surface area contributed by atoms with E-state index in [9.17, 15) is 9.59 Å². The average molecular weight is 286 g/mol. The highest BCUT2D eigenvalue weighted by molar-refractivity contribution is 5.90. The molecule has 2 aliphatic heterocycles. The maximum atomic E-state index is 11.9. The number of carbonyl (C=O) groups excluding carboxylic acids is 2. The molecule has 2 amide bonds. The predicted molar refractivity (Wildman–Crippen MR) is 76.4 cm³/mol. The first-order valence-electron chi connectivity index (χ1n) is 7.16. The molecule has 3 heterocycles. The van der Waals surface area contributed by atoms with Crippen molar-refractivity contribution in [1.82, 2.24) is 14.9 Å². The van der Waals surface area contributed by atoms with Crippen molar-refractivity contribution in [3.05, 3.63) is 36.4 Å². The van der Waals surface area contributed by atoms with E-state index in [0.29, 0.717) is 0 Å². The van der Waals surface area contributed by atoms with Crippen LogP contribution in [0.5, 0.6) is 0 Å². The van der Waals surface area contributed by atoms with E-state index in [1.807, 2.05) is 4.90 Å². The Balaban J connectivity index is 1.77. The second-order valence-corrected chi connectivity index (χ2v) is 5.69. The minimum Gasteiger partial charge on any atom is -0.364 e. The van der Waals surface area contributed by atoms with Crippen molar-refractivity contribution >= 4 is 11.8 Å². The van der Waals surface area contributed by atoms with Gasteiger partial charge >= 0.3 is 0 Å². The number of rotatable bonds is 3. The summed E-state index contributed by atoms with van der Waals surface area (Å²) in [4.78, 5) is 33.3. The Kier molecular flexibility index (Phi) is 3.45. The zero-order valence-corrected chi connectivity index (χ0v) is 11.7. The van der Waals surface area contributed by atoms with E-state index >= 15 is 0 Å². The molecule has 110 valence electrons. The molecule has 6 nitrogen and oxygen atoms in total. The molecular formula is C15H18N4O2. The van der Waals surface area contributed by atoms with Crippen LogP contribution in [0.15, 0.2) is 25.0 Å². The van der Waals surface area contributed by atoms with Gasteiger partial charge in [-0.15, -0.1) is 0 Å². The van der Waals surface area contributed by atoms with Crippen LogP contribution in [-0.4, -0.2) is 38.8 Å². The lowest BCUT2D eigenvalue weighted by Crippen LogP contribution is -2.45. The van der Waals surface area contributed by atoms with E-state index in [-0.39, 0.29) is 29.6 Å². The quantitative estimate of drug-likeness (QED) is 0.839. The topological polar surface area (TPSA) is 89.2 Å². The summed E-state index contributed by atoms with van der Waals surface area (Å²) < 4.78 is 0. The Hall–Kier alpha value is -2.24. The summed E-state index contributed by atoms with van der Waals surface area (Å²) in [5.74, 6) is -0.262. The highest BCUT2D eigenvalue weighted by atomic mass is 16.2. The lowest BCUT2D eigenvalue weighted by molar-refractivity contribution is -0.130. The van der Waals surface area contributed by atoms with E-state index in [1.54, 1.807) is 6.20 Å². The van der Waals surface area contributed by atoms with Crippen molar-refractivity contribution in [3.8, 4) is 0 Å². The largest absolute Gasteiger partial charge is 0.364 e. The summed E-state index contributed by atoms with van der Waals surface area (Å²) >= 11 is 0. The molecule has 0 aromatic carbocycles. The van der Waals surface area contributed by atoms with Gasteiger partial charge < -0.3 is 10.6 Å². The Morgan fingerprint density at radius 2 is 1.90 bits per heavy atom. The van der Waals surface area contributed by atoms with Crippen molar-refractivity contribution in [2.24, 2.45) is 5.73 Å². The zero-order valence-electron chi connectivity index (χ0n) is 11.7. The summed E-state index contributed by atoms with van der Waals surface area (Å²) in [6.45, 7) is 3.58. The highest BCUT2D eigenvalue weighted by Gasteiger charge is 2.43. The third-order valence-electron chi connectivity index (χ3n) is 4.50. The fourth-order valence-corrected chi connectivity index (χ4v) is 3.56. The molecule has 0 radical (unpaired) electrons. The molecule has 6 heteroatoms. The number of fused-ring (bicyclic) bond motifs is 2. The molecule has 2 aliphatic rings. The Bertz CT molecular complexity index is 570. The molecule has 0 spiro atoms. The van der Waals surface area contributed by atoms with Crippen LogP contribution in [0.1, 0.15) is 47.8 Å². The van der Waals surface area contributed by atoms with Crippen LogP contribution < -0.4 is 5.73 Å². The van der Waals surface area contributed by atoms with Gasteiger partial charge in [0.05, 0.1) is 11.9 Å². The first kappa shape index (κ1) is 13.7. The van der Waals surface area contributed by atoms with Crippen molar-refractivity contribution in [1.29, 1.82) is 0 Å². The smallest absolute Gasteiger partial charge is 0.268 e. The number of hydrogen-bond acceptors (Lipinski definition) is 4. The number of carbonyl (C=O) groups is 2. The van der Waals surface area contributed by atoms with Crippen LogP contribution in [0.4, 0.5) is 0 Å². The molecule has 2 bridgehead atoms. The van der Waals surface area contributed by atoms with Gasteiger partial charge in [0.1, 0.15) is 5.69 Å². The first-order valence-corrected chi connectivity index (χ1v) is 7.16. The van der Waals surface area contributed by atoms with Gasteiger partial charge in [-0.05, 0) is 31.8 Å². The van der Waals surface area contributed by atoms with Gasteiger partial charge in [-0.3, -0.25) is 14.6 Å². The van der Waals surface area contributed by atoms with Gasteiger partial charge in [-0.2, -0.15) is 0 Å². The molecule has 3 rings (SSSR count). The maximum Gasteiger partial charge on any atom is 0.268 e. The number of hydrogen-bond donors (Lipinski definition) is 1. The number of aromatic nitrogens is 2. The van der Waals surface area contributed by atoms with Crippen LogP contribution in [0.3, 0.4) is 0 Å². The van der Waals surface area contributed by atoms with Crippen molar-refractivity contribution < 1.29 is 9.59 Å². The average Bonchev–Trinajstić information content (AvgIpc) is 2.76. The van der Waals surface area contributed by atoms with Crippen molar-refractivity contribution in [3.63, 3.8) is 0 Å². The van der Waals surface area contributed by atoms with Gasteiger partial charge in [0.25, 0.3) is 5.91 Å². The van der Waals surface area contributed by atoms with Gasteiger partial charge in [0, 0.05) is 24.2 Å². The molecule has 2 N–H and O–H groups in total. The lowest BCUT2D eigenvalue weighted by Gasteiger charge is -2.38. The van der Waals surface area contributed by atoms with Gasteiger partial charge in [-0.1, -0.05) is 6.58 Å². The number of amides is 2. The first-order chi connectivity index (χ1) is 10.1. The fraction of sp³-hybridized carbons (Fsp3) is 0.467. The standard InChI is InChI=1S/C15H18N4O2/c1-2-14(20)19-10-3-4-11(19)6-9(5-10)12-7-18-13(8-17-12)15(16)21/h2,7-11H,1,3-6H2,(H2,16,21). The third kappa shape index (κ3) is 2.41. The molecule has 0 saturated carbocycles. The number of nitrogens with two attached hydrogens (primary N) is 1. The van der Waals surface area contributed by atoms with Gasteiger partial charge in [-0.25, -0.2) is 4.98 Å². The number of piperidine rings is 1. The second-order valence-electron chi connectivity index (χ2n) is 5.69. The molecule has 0 aliphatic carbocycles. The van der Waals surface area contributed by atoms with E-state index < -0.39 is 5.91 Å². The Morgan fingerprint density at radius 1 is 1.24 bits per heavy atom. The number of primary amides is 1. The van der Waals surface area contributed by atoms with Crippen LogP contribution in [-0.2, 0) is 4.79 Å². The van der Waals surface area contributed by atoms with E-state index in [1.165, 1.54) is 12.3 Å². The maximum absolute atomic E-state index is 11.9. The monoisotopic (exact) mass is 286 g/mol. The van der Waals surface area contributed by atoms with Gasteiger partial charge in [0.2, 0.25) is 5.91 Å². The molecule has 2 atom stereocenters. The molecule has 2 unspecified atom stereocenters. The number of nitrogens with zero attached hydrogens (tertiary/aromatic N) is 3. The summed E-state index contributed by atoms with van der Waals surface area (Å²) in [5, 5.41) is 0. The zero-order chi connectivity index (χ0) is 15.0. The minimum absolute atomic E-state index is 0.0242. The third-order valence-corrected chi connectivity index (χ3v) is 4.50. The van der Waals surface area contributed by atoms with Crippen molar-refractivity contribution in [2.45, 2.75) is 43.7 Å².